The molecule has 0 N–H and O–H groups in total. The number of rotatable bonds is 4. The molecule has 1 aliphatic carbocycles. The van der Waals surface area contributed by atoms with E-state index in [0.29, 0.717) is 6.42 Å². The zero-order valence-corrected chi connectivity index (χ0v) is 10.4. The van der Waals surface area contributed by atoms with Crippen LogP contribution in [0.2, 0.25) is 0 Å². The van der Waals surface area contributed by atoms with E-state index in [-0.39, 0.29) is 11.7 Å². The molecule has 0 heterocycles. The molecule has 18 heavy (non-hydrogen) atoms. The predicted octanol–water partition coefficient (Wildman–Crippen LogP) is 2.58. The average Bonchev–Trinajstić information content (AvgIpc) is 2.68. The third-order valence-electron chi connectivity index (χ3n) is 3.41. The van der Waals surface area contributed by atoms with Crippen LogP contribution in [-0.4, -0.2) is 18.9 Å². The molecule has 0 aliphatic heterocycles. The molecular weight excluding hydrogens is 228 g/mol. The summed E-state index contributed by atoms with van der Waals surface area (Å²) in [6.45, 7) is 3.67. The number of hydrogen-bond acceptors (Lipinski definition) is 3. The maximum atomic E-state index is 12.3. The summed E-state index contributed by atoms with van der Waals surface area (Å²) in [7, 11) is 1.31. The molecule has 94 valence electrons. The van der Waals surface area contributed by atoms with Gasteiger partial charge < -0.3 is 4.74 Å². The molecule has 0 radical (unpaired) electrons. The average molecular weight is 244 g/mol. The Morgan fingerprint density at radius 1 is 1.39 bits per heavy atom. The highest BCUT2D eigenvalue weighted by atomic mass is 16.5. The fourth-order valence-corrected chi connectivity index (χ4v) is 2.54. The Kier molecular flexibility index (Phi) is 3.60. The number of Topliss-reactive ketones (excluding diaryl/α,β-unsaturated/α-hetero) is 1. The fraction of sp³-hybridized carbons (Fsp3) is 0.333. The molecular formula is C15H16O3. The largest absolute Gasteiger partial charge is 0.468 e. The van der Waals surface area contributed by atoms with Crippen LogP contribution in [0.3, 0.4) is 0 Å². The molecule has 2 atom stereocenters. The lowest BCUT2D eigenvalue weighted by atomic mass is 9.95. The van der Waals surface area contributed by atoms with Crippen molar-refractivity contribution in [2.75, 3.05) is 7.11 Å². The second-order valence-corrected chi connectivity index (χ2v) is 4.41. The Morgan fingerprint density at radius 3 is 2.67 bits per heavy atom. The van der Waals surface area contributed by atoms with E-state index in [9.17, 15) is 9.59 Å². The minimum absolute atomic E-state index is 0.0510. The van der Waals surface area contributed by atoms with Gasteiger partial charge in [0.05, 0.1) is 7.11 Å². The molecule has 1 aromatic carbocycles. The first-order chi connectivity index (χ1) is 8.70. The zero-order valence-electron chi connectivity index (χ0n) is 10.4. The SMILES string of the molecule is C=CCCC1C(=O)C(C(=O)OC)c2ccccc21. The fourth-order valence-electron chi connectivity index (χ4n) is 2.54. The lowest BCUT2D eigenvalue weighted by molar-refractivity contribution is -0.145. The van der Waals surface area contributed by atoms with Crippen molar-refractivity contribution in [1.82, 2.24) is 0 Å². The summed E-state index contributed by atoms with van der Waals surface area (Å²) in [5.41, 5.74) is 1.75. The second-order valence-electron chi connectivity index (χ2n) is 4.41. The number of ketones is 1. The van der Waals surface area contributed by atoms with Gasteiger partial charge in [0.2, 0.25) is 0 Å². The Balaban J connectivity index is 2.39. The number of benzene rings is 1. The van der Waals surface area contributed by atoms with Crippen LogP contribution in [0.4, 0.5) is 0 Å². The van der Waals surface area contributed by atoms with Crippen molar-refractivity contribution in [1.29, 1.82) is 0 Å². The summed E-state index contributed by atoms with van der Waals surface area (Å²) in [6, 6.07) is 7.50. The summed E-state index contributed by atoms with van der Waals surface area (Å²) in [5, 5.41) is 0. The number of hydrogen-bond donors (Lipinski definition) is 0. The molecule has 0 saturated heterocycles. The van der Waals surface area contributed by atoms with Crippen LogP contribution in [0, 0.1) is 0 Å². The molecule has 3 heteroatoms. The summed E-state index contributed by atoms with van der Waals surface area (Å²) in [5.74, 6) is -1.47. The second kappa shape index (κ2) is 5.17. The van der Waals surface area contributed by atoms with E-state index in [4.69, 9.17) is 4.74 Å². The van der Waals surface area contributed by atoms with Gasteiger partial charge in [0.15, 0.2) is 5.78 Å². The number of esters is 1. The van der Waals surface area contributed by atoms with Crippen molar-refractivity contribution >= 4 is 11.8 Å². The number of ether oxygens (including phenoxy) is 1. The molecule has 2 unspecified atom stereocenters. The van der Waals surface area contributed by atoms with Crippen LogP contribution >= 0.6 is 0 Å². The highest BCUT2D eigenvalue weighted by Gasteiger charge is 2.43. The number of fused-ring (bicyclic) bond motifs is 1. The van der Waals surface area contributed by atoms with E-state index in [1.165, 1.54) is 7.11 Å². The van der Waals surface area contributed by atoms with Crippen LogP contribution in [0.25, 0.3) is 0 Å². The molecule has 0 fully saturated rings. The Bertz CT molecular complexity index is 490. The van der Waals surface area contributed by atoms with Gasteiger partial charge in [-0.15, -0.1) is 6.58 Å². The minimum atomic E-state index is -0.749. The van der Waals surface area contributed by atoms with Crippen molar-refractivity contribution in [3.63, 3.8) is 0 Å². The molecule has 0 aromatic heterocycles. The zero-order chi connectivity index (χ0) is 13.1. The number of carbonyl (C=O) groups excluding carboxylic acids is 2. The third-order valence-corrected chi connectivity index (χ3v) is 3.41. The maximum absolute atomic E-state index is 12.3. The first-order valence-electron chi connectivity index (χ1n) is 6.02. The van der Waals surface area contributed by atoms with Crippen LogP contribution < -0.4 is 0 Å². The van der Waals surface area contributed by atoms with Gasteiger partial charge in [-0.3, -0.25) is 9.59 Å². The Hall–Kier alpha value is -1.90. The summed E-state index contributed by atoms with van der Waals surface area (Å²) in [6.07, 6.45) is 3.26. The smallest absolute Gasteiger partial charge is 0.320 e. The summed E-state index contributed by atoms with van der Waals surface area (Å²) >= 11 is 0. The molecule has 0 amide bonds. The van der Waals surface area contributed by atoms with Gasteiger partial charge in [-0.2, -0.15) is 0 Å². The normalized spacial score (nSPS) is 21.5. The molecule has 1 aromatic rings. The maximum Gasteiger partial charge on any atom is 0.320 e. The van der Waals surface area contributed by atoms with Gasteiger partial charge in [0.25, 0.3) is 0 Å². The Labute approximate surface area is 106 Å². The molecule has 3 nitrogen and oxygen atoms in total. The van der Waals surface area contributed by atoms with E-state index in [1.807, 2.05) is 24.3 Å². The van der Waals surface area contributed by atoms with Gasteiger partial charge in [0.1, 0.15) is 5.92 Å². The highest BCUT2D eigenvalue weighted by Crippen LogP contribution is 2.41. The van der Waals surface area contributed by atoms with E-state index in [2.05, 4.69) is 6.58 Å². The van der Waals surface area contributed by atoms with E-state index >= 15 is 0 Å². The topological polar surface area (TPSA) is 43.4 Å². The molecule has 2 rings (SSSR count). The van der Waals surface area contributed by atoms with Gasteiger partial charge in [-0.25, -0.2) is 0 Å². The first-order valence-corrected chi connectivity index (χ1v) is 6.02. The third kappa shape index (κ3) is 1.96. The van der Waals surface area contributed by atoms with Crippen LogP contribution in [0.5, 0.6) is 0 Å². The lowest BCUT2D eigenvalue weighted by Gasteiger charge is -2.08. The highest BCUT2D eigenvalue weighted by molar-refractivity contribution is 6.10. The van der Waals surface area contributed by atoms with Gasteiger partial charge in [0, 0.05) is 5.92 Å². The van der Waals surface area contributed by atoms with Gasteiger partial charge in [-0.1, -0.05) is 30.3 Å². The van der Waals surface area contributed by atoms with Crippen molar-refractivity contribution in [2.45, 2.75) is 24.7 Å². The summed E-state index contributed by atoms with van der Waals surface area (Å²) < 4.78 is 4.73. The van der Waals surface area contributed by atoms with Gasteiger partial charge in [-0.05, 0) is 24.0 Å². The molecule has 0 bridgehead atoms. The standard InChI is InChI=1S/C15H16O3/c1-3-4-7-12-10-8-5-6-9-11(10)13(14(12)16)15(17)18-2/h3,5-6,8-9,12-13H,1,4,7H2,2H3. The predicted molar refractivity (Wildman–Crippen MR) is 68.4 cm³/mol. The van der Waals surface area contributed by atoms with Crippen molar-refractivity contribution < 1.29 is 14.3 Å². The van der Waals surface area contributed by atoms with E-state index in [1.54, 1.807) is 6.08 Å². The molecule has 1 aliphatic rings. The summed E-state index contributed by atoms with van der Waals surface area (Å²) in [4.78, 5) is 24.1. The van der Waals surface area contributed by atoms with Crippen LogP contribution in [-0.2, 0) is 14.3 Å². The van der Waals surface area contributed by atoms with Crippen molar-refractivity contribution in [2.24, 2.45) is 0 Å². The number of carbonyl (C=O) groups is 2. The molecule has 0 spiro atoms. The van der Waals surface area contributed by atoms with Crippen molar-refractivity contribution in [3.8, 4) is 0 Å². The van der Waals surface area contributed by atoms with E-state index in [0.717, 1.165) is 17.5 Å². The molecule has 0 saturated carbocycles. The lowest BCUT2D eigenvalue weighted by Crippen LogP contribution is -2.21. The number of allylic oxidation sites excluding steroid dienone is 1. The van der Waals surface area contributed by atoms with E-state index < -0.39 is 11.9 Å². The quantitative estimate of drug-likeness (QED) is 0.464. The Morgan fingerprint density at radius 2 is 2.06 bits per heavy atom. The monoisotopic (exact) mass is 244 g/mol. The van der Waals surface area contributed by atoms with Crippen molar-refractivity contribution in [3.05, 3.63) is 48.0 Å². The first kappa shape index (κ1) is 12.6. The minimum Gasteiger partial charge on any atom is -0.468 e. The van der Waals surface area contributed by atoms with Crippen LogP contribution in [0.15, 0.2) is 36.9 Å². The number of methoxy groups -OCH3 is 1. The van der Waals surface area contributed by atoms with Gasteiger partial charge >= 0.3 is 5.97 Å². The van der Waals surface area contributed by atoms with Crippen LogP contribution in [0.1, 0.15) is 35.8 Å².